The number of hydrogen-bond donors (Lipinski definition) is 1. The summed E-state index contributed by atoms with van der Waals surface area (Å²) in [6.07, 6.45) is -0.0510. The van der Waals surface area contributed by atoms with Gasteiger partial charge in [0, 0.05) is 17.6 Å². The Balaban J connectivity index is 1.30. The fourth-order valence-electron chi connectivity index (χ4n) is 4.13. The number of rotatable bonds is 15. The number of ketones is 1. The van der Waals surface area contributed by atoms with Crippen molar-refractivity contribution in [1.82, 2.24) is 15.0 Å². The van der Waals surface area contributed by atoms with E-state index < -0.39 is 29.3 Å². The number of hydrogen-bond acceptors (Lipinski definition) is 11. The van der Waals surface area contributed by atoms with Crippen molar-refractivity contribution < 1.29 is 43.2 Å². The van der Waals surface area contributed by atoms with Crippen molar-refractivity contribution in [3.05, 3.63) is 90.0 Å². The van der Waals surface area contributed by atoms with Gasteiger partial charge in [0.1, 0.15) is 41.3 Å². The van der Waals surface area contributed by atoms with Crippen molar-refractivity contribution in [2.45, 2.75) is 45.6 Å². The first-order valence-electron chi connectivity index (χ1n) is 14.5. The van der Waals surface area contributed by atoms with Gasteiger partial charge in [0.2, 0.25) is 0 Å². The molecule has 0 bridgehead atoms. The van der Waals surface area contributed by atoms with Crippen molar-refractivity contribution in [3.63, 3.8) is 0 Å². The van der Waals surface area contributed by atoms with Crippen LogP contribution in [0.25, 0.3) is 16.7 Å². The largest absolute Gasteiger partial charge is 0.490 e. The normalized spacial score (nSPS) is 11.1. The van der Waals surface area contributed by atoms with Crippen molar-refractivity contribution in [1.29, 1.82) is 0 Å². The molecule has 1 N–H and O–H groups in total. The van der Waals surface area contributed by atoms with Crippen LogP contribution in [0, 0.1) is 0 Å². The highest BCUT2D eigenvalue weighted by Crippen LogP contribution is 2.26. The highest BCUT2D eigenvalue weighted by Gasteiger charge is 2.25. The van der Waals surface area contributed by atoms with E-state index in [1.54, 1.807) is 61.5 Å². The Morgan fingerprint density at radius 2 is 1.50 bits per heavy atom. The second kappa shape index (κ2) is 15.1. The Morgan fingerprint density at radius 3 is 2.13 bits per heavy atom. The van der Waals surface area contributed by atoms with Gasteiger partial charge in [-0.3, -0.25) is 14.4 Å². The lowest BCUT2D eigenvalue weighted by atomic mass is 9.97. The molecule has 240 valence electrons. The summed E-state index contributed by atoms with van der Waals surface area (Å²) in [5, 5.41) is 18.8. The molecule has 12 heteroatoms. The monoisotopic (exact) mass is 629 g/mol. The fraction of sp³-hybridized carbons (Fsp3) is 0.294. The molecular formula is C34H35N3O9. The number of aromatic nitrogens is 3. The maximum atomic E-state index is 12.7. The Bertz CT molecular complexity index is 1700. The van der Waals surface area contributed by atoms with E-state index in [4.69, 9.17) is 18.9 Å². The zero-order valence-electron chi connectivity index (χ0n) is 25.9. The number of ether oxygens (including phenoxy) is 4. The molecule has 0 fully saturated rings. The second-order valence-electron chi connectivity index (χ2n) is 10.9. The van der Waals surface area contributed by atoms with Crippen molar-refractivity contribution in [2.24, 2.45) is 0 Å². The fourth-order valence-corrected chi connectivity index (χ4v) is 4.13. The zero-order chi connectivity index (χ0) is 33.3. The molecule has 0 spiro atoms. The van der Waals surface area contributed by atoms with Crippen LogP contribution < -0.4 is 9.47 Å². The summed E-state index contributed by atoms with van der Waals surface area (Å²) in [7, 11) is 0. The third-order valence-electron chi connectivity index (χ3n) is 6.54. The molecule has 4 aromatic rings. The zero-order valence-corrected chi connectivity index (χ0v) is 25.9. The van der Waals surface area contributed by atoms with E-state index in [1.807, 2.05) is 12.1 Å². The van der Waals surface area contributed by atoms with Crippen LogP contribution in [-0.4, -0.2) is 69.2 Å². The summed E-state index contributed by atoms with van der Waals surface area (Å²) in [4.78, 5) is 50.2. The van der Waals surface area contributed by atoms with Crippen LogP contribution >= 0.6 is 0 Å². The first kappa shape index (κ1) is 33.5. The first-order chi connectivity index (χ1) is 21.9. The van der Waals surface area contributed by atoms with Gasteiger partial charge in [0.25, 0.3) is 0 Å². The van der Waals surface area contributed by atoms with Crippen LogP contribution in [0.15, 0.2) is 78.9 Å². The lowest BCUT2D eigenvalue weighted by Crippen LogP contribution is -2.30. The van der Waals surface area contributed by atoms with E-state index >= 15 is 0 Å². The summed E-state index contributed by atoms with van der Waals surface area (Å²) >= 11 is 0. The highest BCUT2D eigenvalue weighted by molar-refractivity contribution is 6.01. The van der Waals surface area contributed by atoms with Gasteiger partial charge in [0.15, 0.2) is 11.5 Å². The van der Waals surface area contributed by atoms with Gasteiger partial charge in [-0.15, -0.1) is 15.0 Å². The average molecular weight is 630 g/mol. The molecule has 0 saturated carbocycles. The predicted octanol–water partition coefficient (Wildman–Crippen LogP) is 4.34. The Morgan fingerprint density at radius 1 is 0.848 bits per heavy atom. The summed E-state index contributed by atoms with van der Waals surface area (Å²) in [6, 6.07) is 18.6. The number of aliphatic hydroxyl groups is 1. The molecule has 4 rings (SSSR count). The molecule has 0 saturated heterocycles. The second-order valence-corrected chi connectivity index (χ2v) is 10.9. The summed E-state index contributed by atoms with van der Waals surface area (Å²) in [5.41, 5.74) is 1.64. The number of esters is 3. The molecule has 1 aromatic heterocycles. The summed E-state index contributed by atoms with van der Waals surface area (Å²) < 4.78 is 21.5. The summed E-state index contributed by atoms with van der Waals surface area (Å²) in [5.74, 6) is -1.51. The topological polar surface area (TPSA) is 156 Å². The predicted molar refractivity (Wildman–Crippen MR) is 167 cm³/mol. The number of benzene rings is 3. The molecule has 0 amide bonds. The SMILES string of the molecule is C=C(C)C(=O)OCCc1ccc(OC(=O)CCC(=O)OCCOc2ccc(C(=O)C(C)(C)O)cc2)c(-n2nc3ccccc3n2)c1. The number of carbonyl (C=O) groups is 4. The number of carbonyl (C=O) groups excluding carboxylic acids is 4. The smallest absolute Gasteiger partial charge is 0.333 e. The van der Waals surface area contributed by atoms with Crippen LogP contribution in [0.4, 0.5) is 0 Å². The Hall–Kier alpha value is -5.36. The molecular weight excluding hydrogens is 594 g/mol. The van der Waals surface area contributed by atoms with Gasteiger partial charge in [-0.1, -0.05) is 24.8 Å². The van der Waals surface area contributed by atoms with Crippen LogP contribution in [-0.2, 0) is 30.3 Å². The molecule has 12 nitrogen and oxygen atoms in total. The minimum atomic E-state index is -1.48. The van der Waals surface area contributed by atoms with E-state index in [2.05, 4.69) is 16.8 Å². The number of fused-ring (bicyclic) bond motifs is 1. The third-order valence-corrected chi connectivity index (χ3v) is 6.54. The third kappa shape index (κ3) is 9.32. The van der Waals surface area contributed by atoms with Crippen molar-refractivity contribution in [3.8, 4) is 17.2 Å². The minimum Gasteiger partial charge on any atom is -0.490 e. The molecule has 0 unspecified atom stereocenters. The van der Waals surface area contributed by atoms with Gasteiger partial charge < -0.3 is 24.1 Å². The van der Waals surface area contributed by atoms with E-state index in [0.29, 0.717) is 40.0 Å². The standard InChI is InChI=1S/C34H35N3O9/c1-22(2)33(41)45-18-17-23-9-14-29(28(21-23)37-35-26-7-5-6-8-27(26)36-37)46-31(39)16-15-30(38)44-20-19-43-25-12-10-24(11-13-25)32(40)34(3,4)42/h5-14,21,42H,1,15-20H2,2-4H3. The quantitative estimate of drug-likeness (QED) is 0.0656. The molecule has 0 aliphatic rings. The van der Waals surface area contributed by atoms with E-state index in [0.717, 1.165) is 5.56 Å². The van der Waals surface area contributed by atoms with E-state index in [-0.39, 0.29) is 38.4 Å². The van der Waals surface area contributed by atoms with Crippen LogP contribution in [0.1, 0.15) is 49.5 Å². The Labute approximate surface area is 265 Å². The van der Waals surface area contributed by atoms with Crippen LogP contribution in [0.2, 0.25) is 0 Å². The van der Waals surface area contributed by atoms with Crippen molar-refractivity contribution >= 4 is 34.7 Å². The van der Waals surface area contributed by atoms with E-state index in [1.165, 1.54) is 18.6 Å². The van der Waals surface area contributed by atoms with Gasteiger partial charge in [-0.25, -0.2) is 4.79 Å². The Kier molecular flexibility index (Phi) is 11.0. The molecule has 0 atom stereocenters. The average Bonchev–Trinajstić information content (AvgIpc) is 3.46. The van der Waals surface area contributed by atoms with Gasteiger partial charge in [-0.2, -0.15) is 0 Å². The molecule has 0 aliphatic heterocycles. The highest BCUT2D eigenvalue weighted by atomic mass is 16.6. The minimum absolute atomic E-state index is 0.0515. The molecule has 0 aliphatic carbocycles. The maximum absolute atomic E-state index is 12.7. The number of Topliss-reactive ketones (excluding diaryl/α,β-unsaturated/α-hetero) is 1. The van der Waals surface area contributed by atoms with Gasteiger partial charge >= 0.3 is 17.9 Å². The van der Waals surface area contributed by atoms with E-state index in [9.17, 15) is 24.3 Å². The summed E-state index contributed by atoms with van der Waals surface area (Å²) in [6.45, 7) is 8.10. The molecule has 46 heavy (non-hydrogen) atoms. The molecule has 3 aromatic carbocycles. The van der Waals surface area contributed by atoms with Crippen LogP contribution in [0.3, 0.4) is 0 Å². The number of nitrogens with zero attached hydrogens (tertiary/aromatic N) is 3. The van der Waals surface area contributed by atoms with Crippen LogP contribution in [0.5, 0.6) is 11.5 Å². The van der Waals surface area contributed by atoms with Gasteiger partial charge in [-0.05, 0) is 74.9 Å². The molecule has 1 heterocycles. The lowest BCUT2D eigenvalue weighted by molar-refractivity contribution is -0.147. The first-order valence-corrected chi connectivity index (χ1v) is 14.5. The lowest BCUT2D eigenvalue weighted by Gasteiger charge is -2.15. The van der Waals surface area contributed by atoms with Gasteiger partial charge in [0.05, 0.1) is 19.4 Å². The van der Waals surface area contributed by atoms with Crippen molar-refractivity contribution in [2.75, 3.05) is 19.8 Å². The maximum Gasteiger partial charge on any atom is 0.333 e. The molecule has 0 radical (unpaired) electrons.